The van der Waals surface area contributed by atoms with Crippen molar-refractivity contribution in [1.29, 1.82) is 0 Å². The third-order valence-corrected chi connectivity index (χ3v) is 11.3. The van der Waals surface area contributed by atoms with Crippen LogP contribution in [-0.2, 0) is 33.6 Å². The van der Waals surface area contributed by atoms with Gasteiger partial charge in [0.15, 0.2) is 23.0 Å². The number of aliphatic hydroxyl groups excluding tert-OH is 1. The highest BCUT2D eigenvalue weighted by atomic mass is 16.6. The van der Waals surface area contributed by atoms with E-state index in [0.29, 0.717) is 17.7 Å². The van der Waals surface area contributed by atoms with E-state index in [2.05, 4.69) is 29.3 Å². The molecule has 0 bridgehead atoms. The molecule has 4 aromatic rings. The minimum Gasteiger partial charge on any atom is -0.504 e. The number of phenols is 2. The molecule has 3 aliphatic carbocycles. The Bertz CT molecular complexity index is 1990. The van der Waals surface area contributed by atoms with Gasteiger partial charge < -0.3 is 34.5 Å². The number of allylic oxidation sites excluding steroid dienone is 1. The van der Waals surface area contributed by atoms with E-state index < -0.39 is 18.2 Å². The zero-order valence-electron chi connectivity index (χ0n) is 29.5. The summed E-state index contributed by atoms with van der Waals surface area (Å²) in [5.74, 6) is 0.332. The van der Waals surface area contributed by atoms with Gasteiger partial charge in [-0.2, -0.15) is 0 Å². The predicted molar refractivity (Wildman–Crippen MR) is 194 cm³/mol. The van der Waals surface area contributed by atoms with Gasteiger partial charge in [0.1, 0.15) is 11.9 Å². The molecule has 9 nitrogen and oxygen atoms in total. The number of H-pyrrole nitrogens is 1. The molecular formula is C42H47NO8. The number of fused-ring (bicyclic) bond motifs is 5. The number of hydrogen-bond donors (Lipinski definition) is 4. The lowest BCUT2D eigenvalue weighted by Gasteiger charge is -2.35. The third kappa shape index (κ3) is 6.71. The molecule has 268 valence electrons. The van der Waals surface area contributed by atoms with Crippen molar-refractivity contribution >= 4 is 28.2 Å². The number of esters is 1. The Kier molecular flexibility index (Phi) is 9.84. The fraction of sp³-hybridized carbons (Fsp3) is 0.429. The van der Waals surface area contributed by atoms with Crippen molar-refractivity contribution in [1.82, 2.24) is 4.98 Å². The third-order valence-electron chi connectivity index (χ3n) is 11.3. The highest BCUT2D eigenvalue weighted by Gasteiger charge is 2.41. The first kappa shape index (κ1) is 34.7. The molecule has 1 aromatic heterocycles. The number of para-hydroxylation sites is 1. The number of methoxy groups -OCH3 is 2. The predicted octanol–water partition coefficient (Wildman–Crippen LogP) is 7.30. The normalized spacial score (nSPS) is 20.7. The van der Waals surface area contributed by atoms with Crippen LogP contribution in [0.5, 0.6) is 23.0 Å². The van der Waals surface area contributed by atoms with Gasteiger partial charge in [-0.25, -0.2) is 0 Å². The fourth-order valence-electron chi connectivity index (χ4n) is 9.00. The molecule has 5 atom stereocenters. The molecule has 0 amide bonds. The Balaban J connectivity index is 1.27. The van der Waals surface area contributed by atoms with E-state index in [-0.39, 0.29) is 60.0 Å². The topological polar surface area (TPSA) is 138 Å². The highest BCUT2D eigenvalue weighted by Crippen LogP contribution is 2.54. The average Bonchev–Trinajstić information content (AvgIpc) is 3.41. The maximum atomic E-state index is 14.3. The lowest BCUT2D eigenvalue weighted by Crippen LogP contribution is -2.35. The van der Waals surface area contributed by atoms with E-state index in [0.717, 1.165) is 72.0 Å². The number of ether oxygens (including phenoxy) is 3. The minimum atomic E-state index is -1.16. The van der Waals surface area contributed by atoms with Crippen LogP contribution in [-0.4, -0.2) is 58.5 Å². The number of ketones is 1. The summed E-state index contributed by atoms with van der Waals surface area (Å²) in [6, 6.07) is 15.1. The fourth-order valence-corrected chi connectivity index (χ4v) is 9.00. The first-order valence-electron chi connectivity index (χ1n) is 18.1. The van der Waals surface area contributed by atoms with Crippen LogP contribution in [0.2, 0.25) is 0 Å². The van der Waals surface area contributed by atoms with Gasteiger partial charge in [-0.05, 0) is 96.4 Å². The lowest BCUT2D eigenvalue weighted by molar-refractivity contribution is -0.154. The summed E-state index contributed by atoms with van der Waals surface area (Å²) < 4.78 is 16.6. The average molecular weight is 694 g/mol. The van der Waals surface area contributed by atoms with Crippen LogP contribution in [0.1, 0.15) is 91.3 Å². The van der Waals surface area contributed by atoms with E-state index in [9.17, 15) is 24.9 Å². The highest BCUT2D eigenvalue weighted by molar-refractivity contribution is 5.95. The van der Waals surface area contributed by atoms with Crippen LogP contribution >= 0.6 is 0 Å². The first-order valence-corrected chi connectivity index (χ1v) is 18.1. The van der Waals surface area contributed by atoms with E-state index in [1.54, 1.807) is 19.2 Å². The summed E-state index contributed by atoms with van der Waals surface area (Å²) in [5, 5.41) is 34.2. The van der Waals surface area contributed by atoms with Gasteiger partial charge in [-0.1, -0.05) is 43.2 Å². The summed E-state index contributed by atoms with van der Waals surface area (Å²) in [6.07, 6.45) is 6.86. The quantitative estimate of drug-likeness (QED) is 0.127. The van der Waals surface area contributed by atoms with Crippen molar-refractivity contribution in [2.45, 2.75) is 89.3 Å². The Morgan fingerprint density at radius 2 is 1.71 bits per heavy atom. The van der Waals surface area contributed by atoms with Crippen LogP contribution in [0, 0.1) is 11.8 Å². The molecular weight excluding hydrogens is 646 g/mol. The number of benzene rings is 3. The number of aromatic nitrogens is 1. The van der Waals surface area contributed by atoms with Gasteiger partial charge in [-0.3, -0.25) is 9.59 Å². The van der Waals surface area contributed by atoms with Crippen LogP contribution in [0.15, 0.2) is 54.6 Å². The molecule has 9 heteroatoms. The number of carbonyl (C=O) groups is 2. The zero-order valence-corrected chi connectivity index (χ0v) is 29.5. The molecule has 1 heterocycles. The molecule has 0 saturated heterocycles. The number of phenolic OH excluding ortho intramolecular Hbond substituents is 2. The second-order valence-corrected chi connectivity index (χ2v) is 14.4. The minimum absolute atomic E-state index is 0.0235. The molecule has 3 aromatic carbocycles. The summed E-state index contributed by atoms with van der Waals surface area (Å²) in [4.78, 5) is 30.2. The molecule has 51 heavy (non-hydrogen) atoms. The number of nitrogens with one attached hydrogen (secondary N) is 1. The lowest BCUT2D eigenvalue weighted by atomic mass is 9.69. The maximum Gasteiger partial charge on any atom is 0.303 e. The van der Waals surface area contributed by atoms with Crippen LogP contribution in [0.4, 0.5) is 0 Å². The van der Waals surface area contributed by atoms with Crippen molar-refractivity contribution < 1.29 is 39.1 Å². The molecule has 4 N–H and O–H groups in total. The van der Waals surface area contributed by atoms with Crippen LogP contribution < -0.4 is 9.47 Å². The molecule has 0 aliphatic heterocycles. The SMILES string of the molecule is COc1cc(C[C@H](O)[C@H](CC(=O)C[C@H]2c3cc(OC)c(O)c4c3C(=C[C@H]3CCCC[C@H]32)c2[nH]c3ccccc3c2CCC4)OC(C)=O)ccc1O. The number of rotatable bonds is 10. The Labute approximate surface area is 298 Å². The number of Topliss-reactive ketones (excluding diaryl/α,β-unsaturated/α-hetero) is 1. The number of aromatic hydroxyl groups is 2. The monoisotopic (exact) mass is 693 g/mol. The Morgan fingerprint density at radius 3 is 2.49 bits per heavy atom. The summed E-state index contributed by atoms with van der Waals surface area (Å²) in [5.41, 5.74) is 8.07. The summed E-state index contributed by atoms with van der Waals surface area (Å²) >= 11 is 0. The second kappa shape index (κ2) is 14.5. The Morgan fingerprint density at radius 1 is 0.941 bits per heavy atom. The van der Waals surface area contributed by atoms with Gasteiger partial charge in [0.05, 0.1) is 26.0 Å². The van der Waals surface area contributed by atoms with Gasteiger partial charge in [0.2, 0.25) is 0 Å². The van der Waals surface area contributed by atoms with Gasteiger partial charge in [-0.15, -0.1) is 0 Å². The summed E-state index contributed by atoms with van der Waals surface area (Å²) in [7, 11) is 3.01. The number of carbonyl (C=O) groups excluding carboxylic acids is 2. The Hall–Kier alpha value is -4.76. The molecule has 7 rings (SSSR count). The number of hydrogen-bond acceptors (Lipinski definition) is 8. The first-order chi connectivity index (χ1) is 24.7. The largest absolute Gasteiger partial charge is 0.504 e. The van der Waals surface area contributed by atoms with E-state index >= 15 is 0 Å². The zero-order chi connectivity index (χ0) is 35.8. The van der Waals surface area contributed by atoms with Crippen LogP contribution in [0.3, 0.4) is 0 Å². The number of aryl methyl sites for hydroxylation is 1. The van der Waals surface area contributed by atoms with Crippen molar-refractivity contribution in [3.63, 3.8) is 0 Å². The van der Waals surface area contributed by atoms with Crippen molar-refractivity contribution in [2.24, 2.45) is 11.8 Å². The summed E-state index contributed by atoms with van der Waals surface area (Å²) in [6.45, 7) is 1.28. The molecule has 1 fully saturated rings. The van der Waals surface area contributed by atoms with E-state index in [4.69, 9.17) is 14.2 Å². The molecule has 0 radical (unpaired) electrons. The van der Waals surface area contributed by atoms with E-state index in [1.165, 1.54) is 31.0 Å². The van der Waals surface area contributed by atoms with Gasteiger partial charge in [0, 0.05) is 48.2 Å². The number of aromatic amines is 1. The molecule has 1 saturated carbocycles. The standard InChI is InChI=1S/C42H47NO8/c1-23(44)51-38(36(47)17-24-15-16-35(46)37(18-24)49-2)21-26(45)20-31-27-10-5-4-9-25(27)19-33-40-30(42(48)39(50-3)22-32(31)40)13-8-12-29-28-11-6-7-14-34(28)43-41(29)33/h6-7,11,14-16,18-19,22,25,27,31,36,38,43,46-48H,4-5,8-10,12-13,17,20-21H2,1-3H3/t25-,27-,31-,36+,38+/m1/s1. The van der Waals surface area contributed by atoms with E-state index in [1.807, 2.05) is 12.1 Å². The smallest absolute Gasteiger partial charge is 0.303 e. The molecule has 0 unspecified atom stereocenters. The molecule has 0 spiro atoms. The van der Waals surface area contributed by atoms with Crippen molar-refractivity contribution in [2.75, 3.05) is 14.2 Å². The van der Waals surface area contributed by atoms with Gasteiger partial charge >= 0.3 is 5.97 Å². The van der Waals surface area contributed by atoms with Crippen molar-refractivity contribution in [3.05, 3.63) is 88.1 Å². The van der Waals surface area contributed by atoms with Crippen LogP contribution in [0.25, 0.3) is 16.5 Å². The maximum absolute atomic E-state index is 14.3. The second-order valence-electron chi connectivity index (χ2n) is 14.4. The van der Waals surface area contributed by atoms with Crippen molar-refractivity contribution in [3.8, 4) is 23.0 Å². The molecule has 3 aliphatic rings. The van der Waals surface area contributed by atoms with Gasteiger partial charge in [0.25, 0.3) is 0 Å². The number of aliphatic hydroxyl groups is 1.